The van der Waals surface area contributed by atoms with Crippen LogP contribution in [0.5, 0.6) is 0 Å². The molecule has 8 heteroatoms. The molecule has 0 bridgehead atoms. The predicted octanol–water partition coefficient (Wildman–Crippen LogP) is 2.08. The highest BCUT2D eigenvalue weighted by Crippen LogP contribution is 2.46. The SMILES string of the molecule is C[C@]1(C(F)(F)F)OC(=O)c2cnc(Cl)nc21. The third-order valence-electron chi connectivity index (χ3n) is 2.27. The molecule has 16 heavy (non-hydrogen) atoms. The van der Waals surface area contributed by atoms with Crippen LogP contribution in [0.4, 0.5) is 13.2 Å². The molecular formula is C8H4ClF3N2O2. The van der Waals surface area contributed by atoms with E-state index in [0.717, 1.165) is 13.1 Å². The van der Waals surface area contributed by atoms with Crippen molar-refractivity contribution in [2.24, 2.45) is 0 Å². The van der Waals surface area contributed by atoms with E-state index in [1.54, 1.807) is 0 Å². The average Bonchev–Trinajstić information content (AvgIpc) is 2.39. The van der Waals surface area contributed by atoms with Crippen molar-refractivity contribution in [3.8, 4) is 0 Å². The Hall–Kier alpha value is -1.37. The minimum atomic E-state index is -4.76. The molecule has 0 saturated carbocycles. The van der Waals surface area contributed by atoms with E-state index >= 15 is 0 Å². The van der Waals surface area contributed by atoms with Gasteiger partial charge in [0.25, 0.3) is 0 Å². The van der Waals surface area contributed by atoms with Crippen molar-refractivity contribution in [1.29, 1.82) is 0 Å². The van der Waals surface area contributed by atoms with Crippen LogP contribution in [0.2, 0.25) is 5.28 Å². The lowest BCUT2D eigenvalue weighted by atomic mass is 10.0. The Labute approximate surface area is 92.4 Å². The molecule has 1 aliphatic heterocycles. The number of hydrogen-bond acceptors (Lipinski definition) is 4. The van der Waals surface area contributed by atoms with Crippen molar-refractivity contribution in [3.05, 3.63) is 22.7 Å². The first kappa shape index (κ1) is 11.1. The van der Waals surface area contributed by atoms with Gasteiger partial charge in [0.1, 0.15) is 11.3 Å². The lowest BCUT2D eigenvalue weighted by Crippen LogP contribution is -2.40. The van der Waals surface area contributed by atoms with Crippen molar-refractivity contribution in [2.75, 3.05) is 0 Å². The van der Waals surface area contributed by atoms with Gasteiger partial charge in [0.2, 0.25) is 10.9 Å². The molecule has 86 valence electrons. The number of nitrogens with zero attached hydrogens (tertiary/aromatic N) is 2. The minimum absolute atomic E-state index is 0.316. The standard InChI is InChI=1S/C8H4ClF3N2O2/c1-7(8(10,11)12)4-3(5(15)16-7)2-13-6(9)14-4/h2H,1H3/t7-/m0/s1. The molecule has 0 N–H and O–H groups in total. The van der Waals surface area contributed by atoms with E-state index in [4.69, 9.17) is 11.6 Å². The fourth-order valence-corrected chi connectivity index (χ4v) is 1.49. The summed E-state index contributed by atoms with van der Waals surface area (Å²) in [5.74, 6) is -1.11. The molecule has 4 nitrogen and oxygen atoms in total. The zero-order chi connectivity index (χ0) is 12.1. The van der Waals surface area contributed by atoms with Crippen LogP contribution < -0.4 is 0 Å². The molecule has 1 aromatic heterocycles. The molecule has 0 saturated heterocycles. The molecule has 1 aliphatic rings. The van der Waals surface area contributed by atoms with Gasteiger partial charge < -0.3 is 4.74 Å². The largest absolute Gasteiger partial charge is 0.439 e. The van der Waals surface area contributed by atoms with Gasteiger partial charge in [0, 0.05) is 6.20 Å². The number of cyclic esters (lactones) is 1. The number of rotatable bonds is 0. The summed E-state index contributed by atoms with van der Waals surface area (Å²) in [6, 6.07) is 0. The monoisotopic (exact) mass is 252 g/mol. The Morgan fingerprint density at radius 3 is 2.69 bits per heavy atom. The molecule has 2 heterocycles. The van der Waals surface area contributed by atoms with Gasteiger partial charge in [-0.3, -0.25) is 0 Å². The zero-order valence-electron chi connectivity index (χ0n) is 7.80. The van der Waals surface area contributed by atoms with Crippen LogP contribution in [0.15, 0.2) is 6.20 Å². The number of fused-ring (bicyclic) bond motifs is 1. The van der Waals surface area contributed by atoms with E-state index in [2.05, 4.69) is 14.7 Å². The van der Waals surface area contributed by atoms with Crippen molar-refractivity contribution in [1.82, 2.24) is 9.97 Å². The highest BCUT2D eigenvalue weighted by molar-refractivity contribution is 6.28. The molecule has 0 aromatic carbocycles. The van der Waals surface area contributed by atoms with Crippen LogP contribution in [0, 0.1) is 0 Å². The summed E-state index contributed by atoms with van der Waals surface area (Å²) >= 11 is 5.39. The lowest BCUT2D eigenvalue weighted by molar-refractivity contribution is -0.254. The highest BCUT2D eigenvalue weighted by Gasteiger charge is 2.62. The van der Waals surface area contributed by atoms with Crippen molar-refractivity contribution in [2.45, 2.75) is 18.7 Å². The van der Waals surface area contributed by atoms with Crippen molar-refractivity contribution >= 4 is 17.6 Å². The summed E-state index contributed by atoms with van der Waals surface area (Å²) in [5, 5.41) is -0.368. The van der Waals surface area contributed by atoms with Gasteiger partial charge in [0.05, 0.1) is 0 Å². The molecule has 2 rings (SSSR count). The number of esters is 1. The molecule has 1 aromatic rings. The Morgan fingerprint density at radius 2 is 2.12 bits per heavy atom. The maximum absolute atomic E-state index is 12.7. The molecule has 0 amide bonds. The summed E-state index contributed by atoms with van der Waals surface area (Å²) < 4.78 is 42.6. The first-order valence-corrected chi connectivity index (χ1v) is 4.46. The fraction of sp³-hybridized carbons (Fsp3) is 0.375. The van der Waals surface area contributed by atoms with Gasteiger partial charge in [-0.05, 0) is 18.5 Å². The molecule has 0 aliphatic carbocycles. The molecule has 1 atom stereocenters. The molecular weight excluding hydrogens is 249 g/mol. The van der Waals surface area contributed by atoms with Gasteiger partial charge in [-0.2, -0.15) is 13.2 Å². The van der Waals surface area contributed by atoms with Crippen molar-refractivity contribution in [3.63, 3.8) is 0 Å². The Bertz CT molecular complexity index is 477. The van der Waals surface area contributed by atoms with E-state index in [0.29, 0.717) is 0 Å². The number of carbonyl (C=O) groups is 1. The van der Waals surface area contributed by atoms with Crippen LogP contribution in [0.3, 0.4) is 0 Å². The van der Waals surface area contributed by atoms with Crippen LogP contribution >= 0.6 is 11.6 Å². The molecule has 0 unspecified atom stereocenters. The van der Waals surface area contributed by atoms with E-state index in [9.17, 15) is 18.0 Å². The van der Waals surface area contributed by atoms with Crippen LogP contribution in [0.25, 0.3) is 0 Å². The minimum Gasteiger partial charge on any atom is -0.439 e. The number of hydrogen-bond donors (Lipinski definition) is 0. The Kier molecular flexibility index (Phi) is 2.13. The zero-order valence-corrected chi connectivity index (χ0v) is 8.56. The van der Waals surface area contributed by atoms with Gasteiger partial charge in [-0.25, -0.2) is 14.8 Å². The summed E-state index contributed by atoms with van der Waals surface area (Å²) in [5.41, 5.74) is -3.62. The third kappa shape index (κ3) is 1.35. The lowest BCUT2D eigenvalue weighted by Gasteiger charge is -2.25. The van der Waals surface area contributed by atoms with Gasteiger partial charge in [-0.15, -0.1) is 0 Å². The van der Waals surface area contributed by atoms with Crippen LogP contribution in [-0.2, 0) is 10.3 Å². The normalized spacial score (nSPS) is 24.2. The topological polar surface area (TPSA) is 52.1 Å². The third-order valence-corrected chi connectivity index (χ3v) is 2.45. The molecule has 0 radical (unpaired) electrons. The van der Waals surface area contributed by atoms with Gasteiger partial charge in [-0.1, -0.05) is 0 Å². The number of carbonyl (C=O) groups excluding carboxylic acids is 1. The summed E-state index contributed by atoms with van der Waals surface area (Å²) in [6.45, 7) is 0.722. The number of ether oxygens (including phenoxy) is 1. The smallest absolute Gasteiger partial charge is 0.434 e. The Balaban J connectivity index is 2.66. The van der Waals surface area contributed by atoms with E-state index in [-0.39, 0.29) is 10.8 Å². The maximum Gasteiger partial charge on any atom is 0.434 e. The number of alkyl halides is 3. The van der Waals surface area contributed by atoms with Crippen molar-refractivity contribution < 1.29 is 22.7 Å². The first-order valence-electron chi connectivity index (χ1n) is 4.09. The number of halogens is 4. The summed E-state index contributed by atoms with van der Waals surface area (Å²) in [4.78, 5) is 18.0. The quantitative estimate of drug-likeness (QED) is 0.524. The van der Waals surface area contributed by atoms with Crippen LogP contribution in [-0.4, -0.2) is 22.1 Å². The Morgan fingerprint density at radius 1 is 1.50 bits per heavy atom. The first-order chi connectivity index (χ1) is 7.25. The second-order valence-electron chi connectivity index (χ2n) is 3.32. The second-order valence-corrected chi connectivity index (χ2v) is 3.66. The predicted molar refractivity (Wildman–Crippen MR) is 45.9 cm³/mol. The number of aromatic nitrogens is 2. The van der Waals surface area contributed by atoms with Crippen LogP contribution in [0.1, 0.15) is 23.0 Å². The van der Waals surface area contributed by atoms with E-state index in [1.807, 2.05) is 0 Å². The van der Waals surface area contributed by atoms with E-state index in [1.165, 1.54) is 0 Å². The fourth-order valence-electron chi connectivity index (χ4n) is 1.35. The summed E-state index contributed by atoms with van der Waals surface area (Å²) in [6.07, 6.45) is -3.84. The molecule has 0 spiro atoms. The summed E-state index contributed by atoms with van der Waals surface area (Å²) in [7, 11) is 0. The van der Waals surface area contributed by atoms with E-state index < -0.39 is 23.4 Å². The van der Waals surface area contributed by atoms with Gasteiger partial charge in [0.15, 0.2) is 0 Å². The maximum atomic E-state index is 12.7. The van der Waals surface area contributed by atoms with Gasteiger partial charge >= 0.3 is 12.1 Å². The average molecular weight is 253 g/mol. The molecule has 0 fully saturated rings. The highest BCUT2D eigenvalue weighted by atomic mass is 35.5. The second kappa shape index (κ2) is 3.07.